The zero-order chi connectivity index (χ0) is 51.8. The van der Waals surface area contributed by atoms with Crippen LogP contribution in [0.4, 0.5) is 0 Å². The van der Waals surface area contributed by atoms with Gasteiger partial charge in [0.2, 0.25) is 0 Å². The van der Waals surface area contributed by atoms with Crippen LogP contribution in [0.1, 0.15) is 188 Å². The summed E-state index contributed by atoms with van der Waals surface area (Å²) in [6.45, 7) is 5.61. The molecule has 0 radical (unpaired) electrons. The number of ether oxygens (including phenoxy) is 5. The number of rotatable bonds is 43. The Kier molecular flexibility index (Phi) is 42.1. The van der Waals surface area contributed by atoms with E-state index in [1.807, 2.05) is 12.2 Å². The summed E-state index contributed by atoms with van der Waals surface area (Å²) in [6.07, 6.45) is 49.5. The van der Waals surface area contributed by atoms with Gasteiger partial charge in [0.05, 0.1) is 6.61 Å². The molecule has 1 saturated heterocycles. The number of hydrogen-bond donors (Lipinski definition) is 3. The van der Waals surface area contributed by atoms with Crippen molar-refractivity contribution in [3.05, 3.63) is 109 Å². The molecule has 400 valence electrons. The lowest BCUT2D eigenvalue weighted by atomic mass is 9.98. The summed E-state index contributed by atoms with van der Waals surface area (Å²) in [5, 5.41) is 31.3. The highest BCUT2D eigenvalue weighted by Crippen LogP contribution is 2.26. The Morgan fingerprint density at radius 1 is 0.479 bits per heavy atom. The Labute approximate surface area is 427 Å². The number of aliphatic carboxylic acids is 1. The molecular weight excluding hydrogens is 901 g/mol. The molecule has 1 aliphatic heterocycles. The highest BCUT2D eigenvalue weighted by atomic mass is 16.7. The lowest BCUT2D eigenvalue weighted by molar-refractivity contribution is -0.301. The standard InChI is InChI=1S/C59H92O12/c1-4-7-10-13-16-19-22-25-26-29-30-33-36-39-42-45-51(60)67-48-50(69-52(61)46-43-40-37-34-31-27-23-20-17-14-11-8-5-2)49-68-59-57(55(64)54(63)56(71-59)58(65)66)70-53(62)47-44-41-38-35-32-28-24-21-18-15-12-9-6-3/h8-9,11-12,16-21,25-28,31-32,37,40,50,54-57,59,63-64H,4-7,10,13-15,22-24,29-30,33-36,38-39,41-49H2,1-3H3,(H,65,66)/b11-8-,12-9-,19-16-,20-17-,21-18-,26-25-,31-27-,32-28-,40-37-. The second-order valence-corrected chi connectivity index (χ2v) is 17.7. The third-order valence-corrected chi connectivity index (χ3v) is 11.3. The van der Waals surface area contributed by atoms with Crippen LogP contribution in [0.15, 0.2) is 109 Å². The molecule has 6 unspecified atom stereocenters. The minimum atomic E-state index is -1.93. The minimum Gasteiger partial charge on any atom is -0.479 e. The molecule has 0 spiro atoms. The van der Waals surface area contributed by atoms with Crippen molar-refractivity contribution < 1.29 is 58.2 Å². The van der Waals surface area contributed by atoms with Crippen LogP contribution in [0.2, 0.25) is 0 Å². The molecular formula is C59H92O12. The highest BCUT2D eigenvalue weighted by molar-refractivity contribution is 5.74. The smallest absolute Gasteiger partial charge is 0.335 e. The van der Waals surface area contributed by atoms with E-state index in [4.69, 9.17) is 23.7 Å². The molecule has 0 aromatic heterocycles. The van der Waals surface area contributed by atoms with Gasteiger partial charge in [-0.2, -0.15) is 0 Å². The second kappa shape index (κ2) is 46.5. The van der Waals surface area contributed by atoms with E-state index in [-0.39, 0.29) is 25.9 Å². The van der Waals surface area contributed by atoms with E-state index in [0.29, 0.717) is 25.7 Å². The Bertz CT molecular complexity index is 1650. The lowest BCUT2D eigenvalue weighted by Gasteiger charge is -2.40. The molecule has 1 fully saturated rings. The van der Waals surface area contributed by atoms with E-state index in [2.05, 4.69) is 118 Å². The number of carbonyl (C=O) groups excluding carboxylic acids is 3. The normalized spacial score (nSPS) is 19.4. The molecule has 0 aromatic rings. The third-order valence-electron chi connectivity index (χ3n) is 11.3. The zero-order valence-corrected chi connectivity index (χ0v) is 43.7. The lowest BCUT2D eigenvalue weighted by Crippen LogP contribution is -2.61. The van der Waals surface area contributed by atoms with Gasteiger partial charge in [-0.05, 0) is 109 Å². The molecule has 0 amide bonds. The summed E-state index contributed by atoms with van der Waals surface area (Å²) >= 11 is 0. The largest absolute Gasteiger partial charge is 0.479 e. The molecule has 12 heteroatoms. The number of carboxylic acids is 1. The van der Waals surface area contributed by atoms with Crippen LogP contribution in [0.25, 0.3) is 0 Å². The maximum Gasteiger partial charge on any atom is 0.335 e. The zero-order valence-electron chi connectivity index (χ0n) is 43.7. The molecule has 3 N–H and O–H groups in total. The van der Waals surface area contributed by atoms with Crippen molar-refractivity contribution in [1.29, 1.82) is 0 Å². The van der Waals surface area contributed by atoms with Gasteiger partial charge in [0, 0.05) is 19.3 Å². The van der Waals surface area contributed by atoms with E-state index >= 15 is 0 Å². The molecule has 0 saturated carbocycles. The van der Waals surface area contributed by atoms with Gasteiger partial charge in [-0.25, -0.2) is 4.79 Å². The van der Waals surface area contributed by atoms with Gasteiger partial charge in [-0.3, -0.25) is 14.4 Å². The van der Waals surface area contributed by atoms with Crippen molar-refractivity contribution in [3.8, 4) is 0 Å². The van der Waals surface area contributed by atoms with E-state index in [9.17, 15) is 34.5 Å². The van der Waals surface area contributed by atoms with Crippen LogP contribution in [0.3, 0.4) is 0 Å². The second-order valence-electron chi connectivity index (χ2n) is 17.7. The first kappa shape index (κ1) is 64.4. The summed E-state index contributed by atoms with van der Waals surface area (Å²) < 4.78 is 28.2. The first-order chi connectivity index (χ1) is 34.6. The van der Waals surface area contributed by atoms with Gasteiger partial charge >= 0.3 is 23.9 Å². The molecule has 0 bridgehead atoms. The van der Waals surface area contributed by atoms with Crippen molar-refractivity contribution >= 4 is 23.9 Å². The number of allylic oxidation sites excluding steroid dienone is 18. The van der Waals surface area contributed by atoms with E-state index in [1.54, 1.807) is 0 Å². The number of aliphatic hydroxyl groups excluding tert-OH is 2. The van der Waals surface area contributed by atoms with Gasteiger partial charge < -0.3 is 39.0 Å². The number of aliphatic hydroxyl groups is 2. The average molecular weight is 993 g/mol. The first-order valence-corrected chi connectivity index (χ1v) is 26.9. The Morgan fingerprint density at radius 3 is 1.42 bits per heavy atom. The Balaban J connectivity index is 2.80. The molecule has 1 aliphatic rings. The van der Waals surface area contributed by atoms with Gasteiger partial charge in [0.1, 0.15) is 18.8 Å². The van der Waals surface area contributed by atoms with E-state index in [0.717, 1.165) is 103 Å². The summed E-state index contributed by atoms with van der Waals surface area (Å²) in [6, 6.07) is 0. The number of carboxylic acid groups (broad SMARTS) is 1. The quantitative estimate of drug-likeness (QED) is 0.0229. The van der Waals surface area contributed by atoms with Crippen LogP contribution in [-0.2, 0) is 42.9 Å². The predicted molar refractivity (Wildman–Crippen MR) is 284 cm³/mol. The SMILES string of the molecule is CC/C=C\C/C=C\C/C=C\C/C=C\CCC(=O)OC(COC(=O)CCCCCCC/C=C\C/C=C\CCCCC)COC1OC(C(=O)O)C(O)C(O)C1OC(=O)CCCCC/C=C\C/C=C\C/C=C\CC. The fourth-order valence-corrected chi connectivity index (χ4v) is 7.25. The molecule has 6 atom stereocenters. The number of hydrogen-bond acceptors (Lipinski definition) is 11. The van der Waals surface area contributed by atoms with Crippen LogP contribution in [0, 0.1) is 0 Å². The summed E-state index contributed by atoms with van der Waals surface area (Å²) in [5.41, 5.74) is 0. The number of carbonyl (C=O) groups is 4. The van der Waals surface area contributed by atoms with Gasteiger partial charge in [0.25, 0.3) is 0 Å². The first-order valence-electron chi connectivity index (χ1n) is 26.9. The fourth-order valence-electron chi connectivity index (χ4n) is 7.25. The third kappa shape index (κ3) is 36.9. The van der Waals surface area contributed by atoms with Crippen LogP contribution in [-0.4, -0.2) is 89.2 Å². The minimum absolute atomic E-state index is 0.0102. The average Bonchev–Trinajstić information content (AvgIpc) is 3.35. The van der Waals surface area contributed by atoms with Crippen molar-refractivity contribution in [3.63, 3.8) is 0 Å². The molecule has 0 aliphatic carbocycles. The topological polar surface area (TPSA) is 175 Å². The van der Waals surface area contributed by atoms with Crippen molar-refractivity contribution in [2.75, 3.05) is 13.2 Å². The van der Waals surface area contributed by atoms with E-state index < -0.39 is 67.3 Å². The number of esters is 3. The van der Waals surface area contributed by atoms with Crippen molar-refractivity contribution in [2.24, 2.45) is 0 Å². The van der Waals surface area contributed by atoms with E-state index in [1.165, 1.54) is 19.3 Å². The van der Waals surface area contributed by atoms with Gasteiger partial charge in [0.15, 0.2) is 24.6 Å². The molecule has 1 heterocycles. The van der Waals surface area contributed by atoms with Crippen LogP contribution in [0.5, 0.6) is 0 Å². The summed E-state index contributed by atoms with van der Waals surface area (Å²) in [4.78, 5) is 50.9. The predicted octanol–water partition coefficient (Wildman–Crippen LogP) is 13.1. The van der Waals surface area contributed by atoms with Crippen LogP contribution >= 0.6 is 0 Å². The van der Waals surface area contributed by atoms with Crippen LogP contribution < -0.4 is 0 Å². The summed E-state index contributed by atoms with van der Waals surface area (Å²) in [7, 11) is 0. The van der Waals surface area contributed by atoms with Crippen molar-refractivity contribution in [2.45, 2.75) is 225 Å². The van der Waals surface area contributed by atoms with Crippen molar-refractivity contribution in [1.82, 2.24) is 0 Å². The van der Waals surface area contributed by atoms with Gasteiger partial charge in [-0.1, -0.05) is 169 Å². The molecule has 1 rings (SSSR count). The number of unbranched alkanes of at least 4 members (excludes halogenated alkanes) is 11. The highest BCUT2D eigenvalue weighted by Gasteiger charge is 2.50. The molecule has 71 heavy (non-hydrogen) atoms. The molecule has 0 aromatic carbocycles. The Morgan fingerprint density at radius 2 is 0.915 bits per heavy atom. The monoisotopic (exact) mass is 993 g/mol. The molecule has 12 nitrogen and oxygen atoms in total. The maximum absolute atomic E-state index is 13.0. The summed E-state index contributed by atoms with van der Waals surface area (Å²) in [5.74, 6) is -3.31. The van der Waals surface area contributed by atoms with Gasteiger partial charge in [-0.15, -0.1) is 0 Å². The maximum atomic E-state index is 13.0. The Hall–Kier alpha value is -4.62. The fraction of sp³-hybridized carbons (Fsp3) is 0.627.